The summed E-state index contributed by atoms with van der Waals surface area (Å²) < 4.78 is 4.39. The summed E-state index contributed by atoms with van der Waals surface area (Å²) in [6.45, 7) is 4.22. The molecule has 1 aromatic carbocycles. The molecule has 0 spiro atoms. The maximum Gasteiger partial charge on any atom is 0.265 e. The molecule has 2 heterocycles. The molecule has 1 amide bonds. The van der Waals surface area contributed by atoms with Gasteiger partial charge >= 0.3 is 0 Å². The van der Waals surface area contributed by atoms with Crippen molar-refractivity contribution >= 4 is 29.0 Å². The molecule has 0 saturated carbocycles. The predicted molar refractivity (Wildman–Crippen MR) is 90.2 cm³/mol. The number of rotatable bonds is 3. The normalized spacial score (nSPS) is 21.3. The third-order valence-electron chi connectivity index (χ3n) is 4.20. The molecule has 2 aromatic rings. The molecule has 2 N–H and O–H groups in total. The number of carbonyl (C=O) groups is 1. The van der Waals surface area contributed by atoms with Crippen LogP contribution in [-0.2, 0) is 0 Å². The zero-order valence-corrected chi connectivity index (χ0v) is 14.0. The third-order valence-corrected chi connectivity index (χ3v) is 5.23. The Labute approximate surface area is 139 Å². The third kappa shape index (κ3) is 3.02. The van der Waals surface area contributed by atoms with E-state index < -0.39 is 0 Å². The molecule has 1 saturated heterocycles. The van der Waals surface area contributed by atoms with Gasteiger partial charge < -0.3 is 10.6 Å². The van der Waals surface area contributed by atoms with Crippen molar-refractivity contribution in [2.24, 2.45) is 11.1 Å². The lowest BCUT2D eigenvalue weighted by atomic mass is 9.90. The Morgan fingerprint density at radius 1 is 1.45 bits per heavy atom. The Morgan fingerprint density at radius 2 is 2.18 bits per heavy atom. The molecule has 1 fully saturated rings. The molecule has 1 aliphatic heterocycles. The first-order valence-electron chi connectivity index (χ1n) is 7.23. The lowest BCUT2D eigenvalue weighted by Crippen LogP contribution is -2.34. The van der Waals surface area contributed by atoms with Gasteiger partial charge in [0.25, 0.3) is 5.91 Å². The van der Waals surface area contributed by atoms with Crippen LogP contribution in [0.1, 0.15) is 23.0 Å². The van der Waals surface area contributed by atoms with Gasteiger partial charge in [-0.25, -0.2) is 0 Å². The standard InChI is InChI=1S/C16H18ClN3OS/c1-16(9-18)6-7-20(10-16)15(21)14-8-13(19-22-14)11-2-4-12(17)5-3-11/h2-5,8H,6-7,9-10,18H2,1H3. The number of hydrogen-bond acceptors (Lipinski definition) is 4. The van der Waals surface area contributed by atoms with E-state index in [1.165, 1.54) is 11.5 Å². The van der Waals surface area contributed by atoms with E-state index in [0.29, 0.717) is 16.4 Å². The van der Waals surface area contributed by atoms with Crippen LogP contribution in [0.4, 0.5) is 0 Å². The number of nitrogens with two attached hydrogens (primary N) is 1. The van der Waals surface area contributed by atoms with Crippen LogP contribution in [-0.4, -0.2) is 34.8 Å². The van der Waals surface area contributed by atoms with Crippen molar-refractivity contribution in [2.45, 2.75) is 13.3 Å². The van der Waals surface area contributed by atoms with Gasteiger partial charge in [-0.2, -0.15) is 4.37 Å². The molecule has 1 aliphatic rings. The van der Waals surface area contributed by atoms with Crippen LogP contribution in [0.3, 0.4) is 0 Å². The topological polar surface area (TPSA) is 59.2 Å². The Balaban J connectivity index is 1.76. The summed E-state index contributed by atoms with van der Waals surface area (Å²) in [7, 11) is 0. The number of hydrogen-bond donors (Lipinski definition) is 1. The van der Waals surface area contributed by atoms with Crippen molar-refractivity contribution in [3.63, 3.8) is 0 Å². The minimum Gasteiger partial charge on any atom is -0.337 e. The van der Waals surface area contributed by atoms with Gasteiger partial charge in [0.2, 0.25) is 0 Å². The smallest absolute Gasteiger partial charge is 0.265 e. The van der Waals surface area contributed by atoms with Gasteiger partial charge in [0.05, 0.1) is 5.69 Å². The summed E-state index contributed by atoms with van der Waals surface area (Å²) in [6.07, 6.45) is 0.956. The quantitative estimate of drug-likeness (QED) is 0.936. The SMILES string of the molecule is CC1(CN)CCN(C(=O)c2cc(-c3ccc(Cl)cc3)ns2)C1. The molecule has 6 heteroatoms. The molecule has 0 aliphatic carbocycles. The van der Waals surface area contributed by atoms with E-state index >= 15 is 0 Å². The minimum absolute atomic E-state index is 0.0410. The number of benzene rings is 1. The Bertz CT molecular complexity index is 685. The van der Waals surface area contributed by atoms with E-state index in [1.54, 1.807) is 0 Å². The van der Waals surface area contributed by atoms with Crippen molar-refractivity contribution in [2.75, 3.05) is 19.6 Å². The van der Waals surface area contributed by atoms with E-state index in [2.05, 4.69) is 11.3 Å². The molecule has 1 unspecified atom stereocenters. The highest BCUT2D eigenvalue weighted by Crippen LogP contribution is 2.31. The van der Waals surface area contributed by atoms with Crippen LogP contribution in [0.15, 0.2) is 30.3 Å². The van der Waals surface area contributed by atoms with Crippen LogP contribution < -0.4 is 5.73 Å². The number of amides is 1. The summed E-state index contributed by atoms with van der Waals surface area (Å²) in [5.41, 5.74) is 7.62. The zero-order valence-electron chi connectivity index (χ0n) is 12.4. The molecular formula is C16H18ClN3OS. The second-order valence-corrected chi connectivity index (χ2v) is 7.32. The van der Waals surface area contributed by atoms with Gasteiger partial charge in [-0.3, -0.25) is 4.79 Å². The molecule has 1 aromatic heterocycles. The highest BCUT2D eigenvalue weighted by molar-refractivity contribution is 7.08. The number of halogens is 1. The monoisotopic (exact) mass is 335 g/mol. The fourth-order valence-corrected chi connectivity index (χ4v) is 3.50. The molecule has 1 atom stereocenters. The van der Waals surface area contributed by atoms with Crippen molar-refractivity contribution in [3.8, 4) is 11.3 Å². The summed E-state index contributed by atoms with van der Waals surface area (Å²) >= 11 is 7.14. The Kier molecular flexibility index (Phi) is 4.21. The van der Waals surface area contributed by atoms with Gasteiger partial charge in [0.15, 0.2) is 0 Å². The largest absolute Gasteiger partial charge is 0.337 e. The van der Waals surface area contributed by atoms with Crippen molar-refractivity contribution in [1.29, 1.82) is 0 Å². The second kappa shape index (κ2) is 5.99. The first-order valence-corrected chi connectivity index (χ1v) is 8.38. The van der Waals surface area contributed by atoms with E-state index in [-0.39, 0.29) is 11.3 Å². The molecule has 116 valence electrons. The highest BCUT2D eigenvalue weighted by atomic mass is 35.5. The first kappa shape index (κ1) is 15.5. The molecule has 0 bridgehead atoms. The highest BCUT2D eigenvalue weighted by Gasteiger charge is 2.35. The van der Waals surface area contributed by atoms with Crippen LogP contribution >= 0.6 is 23.1 Å². The maximum absolute atomic E-state index is 12.6. The number of nitrogens with zero attached hydrogens (tertiary/aromatic N) is 2. The van der Waals surface area contributed by atoms with Gasteiger partial charge in [0, 0.05) is 23.7 Å². The van der Waals surface area contributed by atoms with Crippen molar-refractivity contribution in [3.05, 3.63) is 40.2 Å². The Hall–Kier alpha value is -1.43. The molecule has 0 radical (unpaired) electrons. The van der Waals surface area contributed by atoms with Crippen LogP contribution in [0.2, 0.25) is 5.02 Å². The molecule has 3 rings (SSSR count). The lowest BCUT2D eigenvalue weighted by molar-refractivity contribution is 0.0781. The fraction of sp³-hybridized carbons (Fsp3) is 0.375. The van der Waals surface area contributed by atoms with Gasteiger partial charge in [-0.05, 0) is 48.1 Å². The van der Waals surface area contributed by atoms with Gasteiger partial charge in [0.1, 0.15) is 4.88 Å². The van der Waals surface area contributed by atoms with E-state index in [0.717, 1.165) is 30.8 Å². The molecular weight excluding hydrogens is 318 g/mol. The van der Waals surface area contributed by atoms with Gasteiger partial charge in [-0.1, -0.05) is 30.7 Å². The van der Waals surface area contributed by atoms with E-state index in [1.807, 2.05) is 35.2 Å². The van der Waals surface area contributed by atoms with E-state index in [4.69, 9.17) is 17.3 Å². The van der Waals surface area contributed by atoms with Crippen molar-refractivity contribution in [1.82, 2.24) is 9.27 Å². The average Bonchev–Trinajstić information content (AvgIpc) is 3.15. The van der Waals surface area contributed by atoms with Crippen molar-refractivity contribution < 1.29 is 4.79 Å². The second-order valence-electron chi connectivity index (χ2n) is 6.07. The van der Waals surface area contributed by atoms with Crippen LogP contribution in [0, 0.1) is 5.41 Å². The summed E-state index contributed by atoms with van der Waals surface area (Å²) in [5, 5.41) is 0.688. The molecule has 4 nitrogen and oxygen atoms in total. The molecule has 22 heavy (non-hydrogen) atoms. The summed E-state index contributed by atoms with van der Waals surface area (Å²) in [5.74, 6) is 0.0508. The fourth-order valence-electron chi connectivity index (χ4n) is 2.65. The minimum atomic E-state index is 0.0410. The maximum atomic E-state index is 12.6. The van der Waals surface area contributed by atoms with Gasteiger partial charge in [-0.15, -0.1) is 0 Å². The number of likely N-dealkylation sites (tertiary alicyclic amines) is 1. The van der Waals surface area contributed by atoms with E-state index in [9.17, 15) is 4.79 Å². The lowest BCUT2D eigenvalue weighted by Gasteiger charge is -2.22. The summed E-state index contributed by atoms with van der Waals surface area (Å²) in [4.78, 5) is 15.1. The first-order chi connectivity index (χ1) is 10.5. The van der Waals surface area contributed by atoms with Crippen LogP contribution in [0.5, 0.6) is 0 Å². The Morgan fingerprint density at radius 3 is 2.82 bits per heavy atom. The summed E-state index contributed by atoms with van der Waals surface area (Å²) in [6, 6.07) is 9.32. The predicted octanol–water partition coefficient (Wildman–Crippen LogP) is 3.27. The number of aromatic nitrogens is 1. The zero-order chi connectivity index (χ0) is 15.7. The number of carbonyl (C=O) groups excluding carboxylic acids is 1. The average molecular weight is 336 g/mol. The van der Waals surface area contributed by atoms with Crippen LogP contribution in [0.25, 0.3) is 11.3 Å².